The number of rotatable bonds is 7. The predicted octanol–water partition coefficient (Wildman–Crippen LogP) is 6.67. The van der Waals surface area contributed by atoms with Crippen LogP contribution in [-0.2, 0) is 6.61 Å². The number of ether oxygens (including phenoxy) is 2. The van der Waals surface area contributed by atoms with Gasteiger partial charge in [-0.3, -0.25) is 4.79 Å². The van der Waals surface area contributed by atoms with Gasteiger partial charge in [0, 0.05) is 10.4 Å². The Morgan fingerprint density at radius 3 is 2.57 bits per heavy atom. The van der Waals surface area contributed by atoms with Gasteiger partial charge in [-0.2, -0.15) is 9.78 Å². The minimum atomic E-state index is -0.212. The number of hydrogen-bond donors (Lipinski definition) is 0. The molecule has 180 valence electrons. The van der Waals surface area contributed by atoms with Gasteiger partial charge in [-0.25, -0.2) is 4.98 Å². The van der Waals surface area contributed by atoms with E-state index in [4.69, 9.17) is 14.5 Å². The van der Waals surface area contributed by atoms with Gasteiger partial charge in [-0.1, -0.05) is 59.6 Å². The van der Waals surface area contributed by atoms with Crippen LogP contribution in [0.2, 0.25) is 0 Å². The first-order valence-electron chi connectivity index (χ1n) is 11.1. The second-order valence-corrected chi connectivity index (χ2v) is 10.5. The Hall–Kier alpha value is -2.72. The molecule has 0 bridgehead atoms. The van der Waals surface area contributed by atoms with Crippen molar-refractivity contribution in [2.24, 2.45) is 5.10 Å². The normalized spacial score (nSPS) is 11.5. The number of halogens is 2. The molecular formula is C27H25BrIN3O3. The molecular weight excluding hydrogens is 621 g/mol. The van der Waals surface area contributed by atoms with Crippen molar-refractivity contribution in [1.82, 2.24) is 9.66 Å². The lowest BCUT2D eigenvalue weighted by Gasteiger charge is -2.14. The van der Waals surface area contributed by atoms with E-state index in [0.29, 0.717) is 34.8 Å². The molecule has 0 unspecified atom stereocenters. The lowest BCUT2D eigenvalue weighted by Crippen LogP contribution is -2.23. The summed E-state index contributed by atoms with van der Waals surface area (Å²) in [5, 5.41) is 5.03. The number of aryl methyl sites for hydroxylation is 1. The van der Waals surface area contributed by atoms with E-state index in [-0.39, 0.29) is 11.5 Å². The molecule has 0 aliphatic carbocycles. The lowest BCUT2D eigenvalue weighted by molar-refractivity contribution is 0.282. The molecule has 0 spiro atoms. The first-order chi connectivity index (χ1) is 16.8. The largest absolute Gasteiger partial charge is 0.493 e. The van der Waals surface area contributed by atoms with Crippen LogP contribution in [0.3, 0.4) is 0 Å². The second-order valence-electron chi connectivity index (χ2n) is 8.46. The quantitative estimate of drug-likeness (QED) is 0.166. The van der Waals surface area contributed by atoms with Gasteiger partial charge in [0.2, 0.25) is 0 Å². The summed E-state index contributed by atoms with van der Waals surface area (Å²) in [6, 6.07) is 17.5. The second kappa shape index (κ2) is 10.9. The van der Waals surface area contributed by atoms with Crippen LogP contribution >= 0.6 is 38.5 Å². The van der Waals surface area contributed by atoms with Crippen molar-refractivity contribution in [3.05, 3.63) is 95.5 Å². The van der Waals surface area contributed by atoms with Gasteiger partial charge >= 0.3 is 0 Å². The topological polar surface area (TPSA) is 65.7 Å². The molecule has 0 atom stereocenters. The van der Waals surface area contributed by atoms with Crippen molar-refractivity contribution in [3.8, 4) is 11.5 Å². The first kappa shape index (κ1) is 25.4. The number of hydrogen-bond acceptors (Lipinski definition) is 5. The van der Waals surface area contributed by atoms with E-state index < -0.39 is 0 Å². The molecule has 0 aliphatic rings. The molecule has 0 radical (unpaired) electrons. The van der Waals surface area contributed by atoms with Crippen molar-refractivity contribution in [2.45, 2.75) is 33.3 Å². The molecule has 4 rings (SSSR count). The standard InChI is InChI=1S/C27H25BrIN3O3/c1-16(2)26-31-23-10-9-20(28)13-21(23)27(33)32(26)30-14-19-11-22(29)25(24(12-19)34-4)35-15-18-7-5-17(3)6-8-18/h5-14,16H,15H2,1-4H3. The van der Waals surface area contributed by atoms with E-state index in [1.54, 1.807) is 19.4 Å². The molecule has 0 N–H and O–H groups in total. The van der Waals surface area contributed by atoms with Gasteiger partial charge in [0.1, 0.15) is 12.4 Å². The molecule has 0 fully saturated rings. The highest BCUT2D eigenvalue weighted by molar-refractivity contribution is 14.1. The molecule has 0 aliphatic heterocycles. The van der Waals surface area contributed by atoms with Crippen molar-refractivity contribution >= 4 is 55.6 Å². The Kier molecular flexibility index (Phi) is 7.91. The molecule has 0 amide bonds. The van der Waals surface area contributed by atoms with E-state index in [9.17, 15) is 4.79 Å². The summed E-state index contributed by atoms with van der Waals surface area (Å²) in [4.78, 5) is 17.9. The minimum absolute atomic E-state index is 0.0140. The van der Waals surface area contributed by atoms with Gasteiger partial charge in [0.05, 0.1) is 27.8 Å². The molecule has 1 aromatic heterocycles. The monoisotopic (exact) mass is 645 g/mol. The fourth-order valence-corrected chi connectivity index (χ4v) is 4.71. The van der Waals surface area contributed by atoms with Gasteiger partial charge < -0.3 is 9.47 Å². The molecule has 1 heterocycles. The van der Waals surface area contributed by atoms with Crippen LogP contribution in [0, 0.1) is 10.5 Å². The Morgan fingerprint density at radius 1 is 1.14 bits per heavy atom. The lowest BCUT2D eigenvalue weighted by atomic mass is 10.1. The predicted molar refractivity (Wildman–Crippen MR) is 152 cm³/mol. The molecule has 35 heavy (non-hydrogen) atoms. The summed E-state index contributed by atoms with van der Waals surface area (Å²) in [7, 11) is 1.61. The fraction of sp³-hybridized carbons (Fsp3) is 0.222. The highest BCUT2D eigenvalue weighted by Crippen LogP contribution is 2.34. The number of methoxy groups -OCH3 is 1. The smallest absolute Gasteiger partial charge is 0.282 e. The molecule has 0 saturated carbocycles. The van der Waals surface area contributed by atoms with Crippen LogP contribution < -0.4 is 15.0 Å². The highest BCUT2D eigenvalue weighted by atomic mass is 127. The van der Waals surface area contributed by atoms with Crippen LogP contribution in [0.1, 0.15) is 42.3 Å². The average molecular weight is 646 g/mol. The van der Waals surface area contributed by atoms with E-state index in [1.165, 1.54) is 10.2 Å². The summed E-state index contributed by atoms with van der Waals surface area (Å²) in [6.45, 7) is 6.48. The van der Waals surface area contributed by atoms with Gasteiger partial charge in [0.25, 0.3) is 5.56 Å². The summed E-state index contributed by atoms with van der Waals surface area (Å²) in [5.74, 6) is 1.88. The maximum absolute atomic E-state index is 13.3. The Morgan fingerprint density at radius 2 is 1.89 bits per heavy atom. The van der Waals surface area contributed by atoms with Gasteiger partial charge in [-0.15, -0.1) is 0 Å². The van der Waals surface area contributed by atoms with Crippen LogP contribution in [0.4, 0.5) is 0 Å². The Bertz CT molecular complexity index is 1460. The van der Waals surface area contributed by atoms with E-state index >= 15 is 0 Å². The van der Waals surface area contributed by atoms with E-state index in [2.05, 4.69) is 74.8 Å². The highest BCUT2D eigenvalue weighted by Gasteiger charge is 2.15. The third-order valence-electron chi connectivity index (χ3n) is 5.43. The number of benzene rings is 3. The molecule has 3 aromatic carbocycles. The van der Waals surface area contributed by atoms with Crippen molar-refractivity contribution in [3.63, 3.8) is 0 Å². The van der Waals surface area contributed by atoms with Crippen LogP contribution in [-0.4, -0.2) is 23.0 Å². The van der Waals surface area contributed by atoms with Crippen molar-refractivity contribution < 1.29 is 9.47 Å². The zero-order valence-electron chi connectivity index (χ0n) is 19.9. The van der Waals surface area contributed by atoms with Crippen LogP contribution in [0.15, 0.2) is 69.0 Å². The number of fused-ring (bicyclic) bond motifs is 1. The minimum Gasteiger partial charge on any atom is -0.493 e. The molecule has 0 saturated heterocycles. The number of aromatic nitrogens is 2. The van der Waals surface area contributed by atoms with Gasteiger partial charge in [0.15, 0.2) is 11.5 Å². The zero-order chi connectivity index (χ0) is 25.1. The Balaban J connectivity index is 1.68. The molecule has 8 heteroatoms. The van der Waals surface area contributed by atoms with E-state index in [1.807, 2.05) is 38.1 Å². The molecule has 6 nitrogen and oxygen atoms in total. The van der Waals surface area contributed by atoms with Gasteiger partial charge in [-0.05, 0) is 71.0 Å². The summed E-state index contributed by atoms with van der Waals surface area (Å²) in [5.41, 5.74) is 3.51. The maximum Gasteiger partial charge on any atom is 0.282 e. The van der Waals surface area contributed by atoms with E-state index in [0.717, 1.165) is 19.2 Å². The Labute approximate surface area is 226 Å². The summed E-state index contributed by atoms with van der Waals surface area (Å²) >= 11 is 5.66. The third kappa shape index (κ3) is 5.75. The zero-order valence-corrected chi connectivity index (χ0v) is 23.6. The SMILES string of the molecule is COc1cc(C=Nn2c(C(C)C)nc3ccc(Br)cc3c2=O)cc(I)c1OCc1ccc(C)cc1. The number of nitrogens with zero attached hydrogens (tertiary/aromatic N) is 3. The van der Waals surface area contributed by atoms with Crippen molar-refractivity contribution in [1.29, 1.82) is 0 Å². The van der Waals surface area contributed by atoms with Crippen molar-refractivity contribution in [2.75, 3.05) is 7.11 Å². The summed E-state index contributed by atoms with van der Waals surface area (Å²) in [6.07, 6.45) is 1.65. The maximum atomic E-state index is 13.3. The first-order valence-corrected chi connectivity index (χ1v) is 13.0. The van der Waals surface area contributed by atoms with Crippen LogP contribution in [0.25, 0.3) is 10.9 Å². The fourth-order valence-electron chi connectivity index (χ4n) is 3.57. The third-order valence-corrected chi connectivity index (χ3v) is 6.72. The van der Waals surface area contributed by atoms with Crippen LogP contribution in [0.5, 0.6) is 11.5 Å². The average Bonchev–Trinajstić information content (AvgIpc) is 2.83. The molecule has 4 aromatic rings. The summed E-state index contributed by atoms with van der Waals surface area (Å²) < 4.78 is 14.8.